The van der Waals surface area contributed by atoms with E-state index in [2.05, 4.69) is 29.8 Å². The van der Waals surface area contributed by atoms with Gasteiger partial charge in [0.15, 0.2) is 0 Å². The normalized spacial score (nSPS) is 24.0. The Balaban J connectivity index is 2.12. The molecule has 3 heteroatoms. The Labute approximate surface area is 122 Å². The first-order chi connectivity index (χ1) is 8.99. The molecule has 0 atom stereocenters. The van der Waals surface area contributed by atoms with Gasteiger partial charge in [-0.25, -0.2) is 0 Å². The first kappa shape index (κ1) is 14.4. The van der Waals surface area contributed by atoms with Crippen molar-refractivity contribution in [1.82, 2.24) is 0 Å². The highest BCUT2D eigenvalue weighted by atomic mass is 79.9. The van der Waals surface area contributed by atoms with Crippen LogP contribution in [0, 0.1) is 17.8 Å². The van der Waals surface area contributed by atoms with Gasteiger partial charge in [-0.2, -0.15) is 0 Å². The van der Waals surface area contributed by atoms with Crippen molar-refractivity contribution < 1.29 is 9.59 Å². The maximum absolute atomic E-state index is 12.2. The van der Waals surface area contributed by atoms with Crippen LogP contribution in [-0.2, 0) is 16.0 Å². The molecule has 0 spiro atoms. The molecule has 1 saturated carbocycles. The molecule has 102 valence electrons. The van der Waals surface area contributed by atoms with Crippen LogP contribution in [0.5, 0.6) is 0 Å². The van der Waals surface area contributed by atoms with Crippen molar-refractivity contribution in [3.8, 4) is 0 Å². The number of carbonyl (C=O) groups excluding carboxylic acids is 2. The Bertz CT molecular complexity index is 475. The van der Waals surface area contributed by atoms with Crippen molar-refractivity contribution in [3.63, 3.8) is 0 Å². The molecule has 0 amide bonds. The summed E-state index contributed by atoms with van der Waals surface area (Å²) in [5.74, 6) is 0.429. The van der Waals surface area contributed by atoms with E-state index in [9.17, 15) is 9.59 Å². The quantitative estimate of drug-likeness (QED) is 0.793. The molecule has 1 aromatic carbocycles. The van der Waals surface area contributed by atoms with Gasteiger partial charge in [0, 0.05) is 17.3 Å². The lowest BCUT2D eigenvalue weighted by molar-refractivity contribution is -0.138. The summed E-state index contributed by atoms with van der Waals surface area (Å²) >= 11 is 3.48. The number of hydrogen-bond donors (Lipinski definition) is 0. The second kappa shape index (κ2) is 6.00. The predicted octanol–water partition coefficient (Wildman–Crippen LogP) is 3.81. The smallest absolute Gasteiger partial charge is 0.143 e. The van der Waals surface area contributed by atoms with Crippen LogP contribution >= 0.6 is 15.9 Å². The standard InChI is InChI=1S/C16H19BrO2/c1-10(2)12-8-15(18)13(16(19)9-12)7-11-5-3-4-6-14(11)17/h3-6,10,12-13H,7-9H2,1-2H3. The van der Waals surface area contributed by atoms with Crippen LogP contribution < -0.4 is 0 Å². The van der Waals surface area contributed by atoms with E-state index in [0.29, 0.717) is 25.2 Å². The number of hydrogen-bond acceptors (Lipinski definition) is 2. The molecule has 0 saturated heterocycles. The third kappa shape index (κ3) is 3.33. The summed E-state index contributed by atoms with van der Waals surface area (Å²) < 4.78 is 0.974. The largest absolute Gasteiger partial charge is 0.299 e. The Morgan fingerprint density at radius 3 is 2.26 bits per heavy atom. The van der Waals surface area contributed by atoms with Crippen LogP contribution in [0.1, 0.15) is 32.3 Å². The molecule has 0 radical (unpaired) electrons. The highest BCUT2D eigenvalue weighted by Crippen LogP contribution is 2.31. The van der Waals surface area contributed by atoms with Gasteiger partial charge in [-0.1, -0.05) is 48.0 Å². The summed E-state index contributed by atoms with van der Waals surface area (Å²) in [5.41, 5.74) is 1.04. The number of halogens is 1. The number of Topliss-reactive ketones (excluding diaryl/α,β-unsaturated/α-hetero) is 2. The van der Waals surface area contributed by atoms with Crippen molar-refractivity contribution >= 4 is 27.5 Å². The fourth-order valence-corrected chi connectivity index (χ4v) is 3.08. The van der Waals surface area contributed by atoms with Crippen LogP contribution in [0.4, 0.5) is 0 Å². The zero-order valence-electron chi connectivity index (χ0n) is 11.4. The topological polar surface area (TPSA) is 34.1 Å². The van der Waals surface area contributed by atoms with Gasteiger partial charge in [-0.15, -0.1) is 0 Å². The molecule has 2 rings (SSSR count). The number of carbonyl (C=O) groups is 2. The van der Waals surface area contributed by atoms with Gasteiger partial charge in [-0.05, 0) is 29.9 Å². The van der Waals surface area contributed by atoms with Gasteiger partial charge in [0.1, 0.15) is 11.6 Å². The fourth-order valence-electron chi connectivity index (χ4n) is 2.64. The number of benzene rings is 1. The fraction of sp³-hybridized carbons (Fsp3) is 0.500. The van der Waals surface area contributed by atoms with Crippen molar-refractivity contribution in [3.05, 3.63) is 34.3 Å². The van der Waals surface area contributed by atoms with Crippen LogP contribution in [-0.4, -0.2) is 11.6 Å². The minimum absolute atomic E-state index is 0.116. The molecule has 19 heavy (non-hydrogen) atoms. The first-order valence-corrected chi connectivity index (χ1v) is 7.57. The molecule has 0 bridgehead atoms. The zero-order chi connectivity index (χ0) is 14.0. The van der Waals surface area contributed by atoms with Crippen molar-refractivity contribution in [2.24, 2.45) is 17.8 Å². The molecular weight excluding hydrogens is 304 g/mol. The molecule has 0 aromatic heterocycles. The summed E-state index contributed by atoms with van der Waals surface area (Å²) in [6.07, 6.45) is 1.64. The van der Waals surface area contributed by atoms with Crippen LogP contribution in [0.3, 0.4) is 0 Å². The van der Waals surface area contributed by atoms with E-state index in [-0.39, 0.29) is 17.5 Å². The van der Waals surface area contributed by atoms with Gasteiger partial charge in [0.25, 0.3) is 0 Å². The molecule has 2 nitrogen and oxygen atoms in total. The van der Waals surface area contributed by atoms with E-state index in [4.69, 9.17) is 0 Å². The highest BCUT2D eigenvalue weighted by molar-refractivity contribution is 9.10. The molecule has 0 heterocycles. The molecule has 1 aliphatic carbocycles. The second-order valence-electron chi connectivity index (χ2n) is 5.69. The lowest BCUT2D eigenvalue weighted by Crippen LogP contribution is -2.36. The molecule has 0 aliphatic heterocycles. The van der Waals surface area contributed by atoms with E-state index >= 15 is 0 Å². The number of rotatable bonds is 3. The maximum Gasteiger partial charge on any atom is 0.143 e. The van der Waals surface area contributed by atoms with Gasteiger partial charge in [-0.3, -0.25) is 9.59 Å². The number of ketones is 2. The SMILES string of the molecule is CC(C)C1CC(=O)C(Cc2ccccc2Br)C(=O)C1. The van der Waals surface area contributed by atoms with Crippen molar-refractivity contribution in [1.29, 1.82) is 0 Å². The van der Waals surface area contributed by atoms with Crippen LogP contribution in [0.15, 0.2) is 28.7 Å². The third-order valence-corrected chi connectivity index (χ3v) is 4.80. The summed E-state index contributed by atoms with van der Waals surface area (Å²) in [6, 6.07) is 7.80. The predicted molar refractivity (Wildman–Crippen MR) is 78.9 cm³/mol. The Morgan fingerprint density at radius 2 is 1.74 bits per heavy atom. The Kier molecular flexibility index (Phi) is 4.56. The van der Waals surface area contributed by atoms with Crippen LogP contribution in [0.2, 0.25) is 0 Å². The second-order valence-corrected chi connectivity index (χ2v) is 6.55. The van der Waals surface area contributed by atoms with Gasteiger partial charge in [0.2, 0.25) is 0 Å². The summed E-state index contributed by atoms with van der Waals surface area (Å²) in [6.45, 7) is 4.17. The summed E-state index contributed by atoms with van der Waals surface area (Å²) in [4.78, 5) is 24.4. The van der Waals surface area contributed by atoms with E-state index < -0.39 is 5.92 Å². The van der Waals surface area contributed by atoms with Crippen molar-refractivity contribution in [2.45, 2.75) is 33.1 Å². The van der Waals surface area contributed by atoms with Gasteiger partial charge < -0.3 is 0 Å². The average molecular weight is 323 g/mol. The summed E-state index contributed by atoms with van der Waals surface area (Å²) in [5, 5.41) is 0. The zero-order valence-corrected chi connectivity index (χ0v) is 12.9. The average Bonchev–Trinajstić information content (AvgIpc) is 2.35. The van der Waals surface area contributed by atoms with E-state index in [1.807, 2.05) is 24.3 Å². The summed E-state index contributed by atoms with van der Waals surface area (Å²) in [7, 11) is 0. The highest BCUT2D eigenvalue weighted by Gasteiger charge is 2.36. The third-order valence-electron chi connectivity index (χ3n) is 4.03. The molecule has 1 fully saturated rings. The Morgan fingerprint density at radius 1 is 1.16 bits per heavy atom. The molecule has 0 unspecified atom stereocenters. The van der Waals surface area contributed by atoms with E-state index in [1.54, 1.807) is 0 Å². The molecule has 1 aromatic rings. The molecular formula is C16H19BrO2. The minimum atomic E-state index is -0.436. The van der Waals surface area contributed by atoms with Crippen LogP contribution in [0.25, 0.3) is 0 Å². The van der Waals surface area contributed by atoms with Gasteiger partial charge in [0.05, 0.1) is 5.92 Å². The lowest BCUT2D eigenvalue weighted by atomic mass is 9.73. The molecule has 0 N–H and O–H groups in total. The molecule has 1 aliphatic rings. The van der Waals surface area contributed by atoms with E-state index in [0.717, 1.165) is 10.0 Å². The minimum Gasteiger partial charge on any atom is -0.299 e. The van der Waals surface area contributed by atoms with E-state index in [1.165, 1.54) is 0 Å². The maximum atomic E-state index is 12.2. The van der Waals surface area contributed by atoms with Gasteiger partial charge >= 0.3 is 0 Å². The van der Waals surface area contributed by atoms with Crippen molar-refractivity contribution in [2.75, 3.05) is 0 Å². The Hall–Kier alpha value is -0.960. The monoisotopic (exact) mass is 322 g/mol. The lowest BCUT2D eigenvalue weighted by Gasteiger charge is -2.28. The first-order valence-electron chi connectivity index (χ1n) is 6.78.